The van der Waals surface area contributed by atoms with E-state index < -0.39 is 35.6 Å². The fourth-order valence-corrected chi connectivity index (χ4v) is 7.18. The molecule has 0 bridgehead atoms. The van der Waals surface area contributed by atoms with Gasteiger partial charge in [-0.15, -0.1) is 0 Å². The van der Waals surface area contributed by atoms with Crippen molar-refractivity contribution in [2.75, 3.05) is 13.1 Å². The molecule has 3 aromatic carbocycles. The van der Waals surface area contributed by atoms with Crippen LogP contribution in [0.5, 0.6) is 11.5 Å². The molecule has 3 aliphatic heterocycles. The van der Waals surface area contributed by atoms with E-state index in [1.165, 1.54) is 0 Å². The van der Waals surface area contributed by atoms with E-state index in [9.17, 15) is 24.0 Å². The maximum atomic E-state index is 13.3. The average Bonchev–Trinajstić information content (AvgIpc) is 3.33. The first-order valence-corrected chi connectivity index (χ1v) is 16.9. The molecule has 4 aromatic rings. The van der Waals surface area contributed by atoms with E-state index >= 15 is 0 Å². The highest BCUT2D eigenvalue weighted by molar-refractivity contribution is 9.10. The molecule has 0 saturated carbocycles. The second-order valence-corrected chi connectivity index (χ2v) is 13.3. The number of para-hydroxylation sites is 1. The van der Waals surface area contributed by atoms with Gasteiger partial charge in [0.15, 0.2) is 0 Å². The highest BCUT2D eigenvalue weighted by Gasteiger charge is 2.45. The zero-order valence-electron chi connectivity index (χ0n) is 26.4. The number of ether oxygens (including phenoxy) is 1. The maximum absolute atomic E-state index is 13.3. The van der Waals surface area contributed by atoms with Gasteiger partial charge in [0.25, 0.3) is 17.7 Å². The van der Waals surface area contributed by atoms with Crippen LogP contribution in [0.2, 0.25) is 0 Å². The summed E-state index contributed by atoms with van der Waals surface area (Å²) in [6.45, 7) is 2.09. The van der Waals surface area contributed by atoms with Gasteiger partial charge in [0, 0.05) is 34.6 Å². The number of pyridine rings is 1. The van der Waals surface area contributed by atoms with E-state index in [-0.39, 0.29) is 29.9 Å². The number of nitrogens with two attached hydrogens (primary N) is 1. The first-order valence-electron chi connectivity index (χ1n) is 16.1. The van der Waals surface area contributed by atoms with E-state index in [1.807, 2.05) is 60.7 Å². The molecule has 2 fully saturated rings. The SMILES string of the molecule is NC(=O)c1ccc(C2CCN(Cc3cc4c(cc3Br)C(=O)N(C3CCC(=O)NC3=O)C4=O)CC2)nc1-c1ccc(Oc2ccccc2)cc1. The van der Waals surface area contributed by atoms with E-state index in [0.717, 1.165) is 53.4 Å². The summed E-state index contributed by atoms with van der Waals surface area (Å²) in [6.07, 6.45) is 1.83. The highest BCUT2D eigenvalue weighted by atomic mass is 79.9. The standard InChI is InChI=1S/C37H32BrN5O6/c38-29-19-28-27(36(47)43(37(28)48)31-12-13-32(44)41-35(31)46)18-23(29)20-42-16-14-21(15-17-42)30-11-10-26(34(39)45)33(40-30)22-6-8-25(9-7-22)49-24-4-2-1-3-5-24/h1-11,18-19,21,31H,12-17,20H2,(H2,39,45)(H,41,44,46). The number of hydrogen-bond donors (Lipinski definition) is 2. The monoisotopic (exact) mass is 721 g/mol. The number of piperidine rings is 2. The largest absolute Gasteiger partial charge is 0.457 e. The molecule has 3 N–H and O–H groups in total. The van der Waals surface area contributed by atoms with E-state index in [4.69, 9.17) is 15.5 Å². The number of imide groups is 2. The Labute approximate surface area is 290 Å². The molecular weight excluding hydrogens is 690 g/mol. The Morgan fingerprint density at radius 3 is 2.22 bits per heavy atom. The summed E-state index contributed by atoms with van der Waals surface area (Å²) in [5, 5.41) is 2.23. The minimum atomic E-state index is -1.01. The Kier molecular flexibility index (Phi) is 8.82. The number of likely N-dealkylation sites (tertiary alicyclic amines) is 1. The number of carbonyl (C=O) groups is 5. The molecule has 4 heterocycles. The zero-order chi connectivity index (χ0) is 34.2. The van der Waals surface area contributed by atoms with Gasteiger partial charge in [0.05, 0.1) is 22.4 Å². The van der Waals surface area contributed by atoms with Gasteiger partial charge in [-0.25, -0.2) is 0 Å². The summed E-state index contributed by atoms with van der Waals surface area (Å²) in [7, 11) is 0. The lowest BCUT2D eigenvalue weighted by Crippen LogP contribution is -2.54. The molecule has 7 rings (SSSR count). The van der Waals surface area contributed by atoms with Gasteiger partial charge in [-0.3, -0.25) is 44.1 Å². The summed E-state index contributed by atoms with van der Waals surface area (Å²) in [4.78, 5) is 71.1. The van der Waals surface area contributed by atoms with E-state index in [2.05, 4.69) is 26.1 Å². The predicted molar refractivity (Wildman–Crippen MR) is 183 cm³/mol. The third kappa shape index (κ3) is 6.49. The molecule has 1 atom stereocenters. The lowest BCUT2D eigenvalue weighted by Gasteiger charge is -2.32. The van der Waals surface area contributed by atoms with Crippen molar-refractivity contribution in [1.29, 1.82) is 0 Å². The number of rotatable bonds is 8. The zero-order valence-corrected chi connectivity index (χ0v) is 27.9. The second kappa shape index (κ2) is 13.4. The summed E-state index contributed by atoms with van der Waals surface area (Å²) < 4.78 is 6.62. The van der Waals surface area contributed by atoms with Crippen LogP contribution >= 0.6 is 15.9 Å². The van der Waals surface area contributed by atoms with Crippen molar-refractivity contribution in [3.05, 3.63) is 111 Å². The number of benzene rings is 3. The Hall–Kier alpha value is -5.20. The molecule has 5 amide bonds. The van der Waals surface area contributed by atoms with Gasteiger partial charge < -0.3 is 10.5 Å². The summed E-state index contributed by atoms with van der Waals surface area (Å²) in [5.74, 6) is -1.10. The summed E-state index contributed by atoms with van der Waals surface area (Å²) in [6, 6.07) is 22.9. The third-order valence-electron chi connectivity index (χ3n) is 9.30. The molecule has 49 heavy (non-hydrogen) atoms. The number of fused-ring (bicyclic) bond motifs is 1. The van der Waals surface area contributed by atoms with Gasteiger partial charge in [-0.05, 0) is 98.6 Å². The van der Waals surface area contributed by atoms with Gasteiger partial charge in [-0.2, -0.15) is 0 Å². The summed E-state index contributed by atoms with van der Waals surface area (Å²) >= 11 is 3.59. The topological polar surface area (TPSA) is 152 Å². The minimum Gasteiger partial charge on any atom is -0.457 e. The molecule has 3 aliphatic rings. The molecule has 11 nitrogen and oxygen atoms in total. The Bertz CT molecular complexity index is 1990. The molecule has 0 aliphatic carbocycles. The van der Waals surface area contributed by atoms with E-state index in [0.29, 0.717) is 28.0 Å². The molecular formula is C37H32BrN5O6. The number of nitrogens with zero attached hydrogens (tertiary/aromatic N) is 3. The van der Waals surface area contributed by atoms with Crippen LogP contribution in [0, 0.1) is 0 Å². The number of amides is 5. The fraction of sp³-hybridized carbons (Fsp3) is 0.243. The molecule has 0 spiro atoms. The summed E-state index contributed by atoms with van der Waals surface area (Å²) in [5.41, 5.74) is 9.63. The molecule has 1 unspecified atom stereocenters. The van der Waals surface area contributed by atoms with Crippen molar-refractivity contribution < 1.29 is 28.7 Å². The molecule has 1 aromatic heterocycles. The molecule has 0 radical (unpaired) electrons. The van der Waals surface area contributed by atoms with Crippen molar-refractivity contribution in [3.8, 4) is 22.8 Å². The number of carbonyl (C=O) groups excluding carboxylic acids is 5. The lowest BCUT2D eigenvalue weighted by molar-refractivity contribution is -0.136. The molecule has 12 heteroatoms. The van der Waals surface area contributed by atoms with Crippen molar-refractivity contribution in [3.63, 3.8) is 0 Å². The normalized spacial score (nSPS) is 18.4. The van der Waals surface area contributed by atoms with Crippen LogP contribution in [0.4, 0.5) is 0 Å². The van der Waals surface area contributed by atoms with Crippen molar-refractivity contribution >= 4 is 45.5 Å². The Morgan fingerprint density at radius 1 is 0.878 bits per heavy atom. The first-order chi connectivity index (χ1) is 23.7. The number of nitrogens with one attached hydrogen (secondary N) is 1. The number of halogens is 1. The quantitative estimate of drug-likeness (QED) is 0.236. The van der Waals surface area contributed by atoms with Crippen molar-refractivity contribution in [2.45, 2.75) is 44.2 Å². The van der Waals surface area contributed by atoms with Crippen LogP contribution in [0.25, 0.3) is 11.3 Å². The fourth-order valence-electron chi connectivity index (χ4n) is 6.71. The average molecular weight is 723 g/mol. The van der Waals surface area contributed by atoms with Gasteiger partial charge in [0.1, 0.15) is 17.5 Å². The van der Waals surface area contributed by atoms with Crippen LogP contribution in [-0.4, -0.2) is 63.5 Å². The van der Waals surface area contributed by atoms with Crippen molar-refractivity contribution in [1.82, 2.24) is 20.1 Å². The van der Waals surface area contributed by atoms with Gasteiger partial charge >= 0.3 is 0 Å². The molecule has 2 saturated heterocycles. The van der Waals surface area contributed by atoms with Crippen LogP contribution in [0.15, 0.2) is 83.3 Å². The van der Waals surface area contributed by atoms with Crippen LogP contribution in [-0.2, 0) is 16.1 Å². The Balaban J connectivity index is 1.03. The first kappa shape index (κ1) is 32.4. The Morgan fingerprint density at radius 2 is 1.55 bits per heavy atom. The number of aromatic nitrogens is 1. The third-order valence-corrected chi connectivity index (χ3v) is 10.0. The van der Waals surface area contributed by atoms with Crippen LogP contribution in [0.3, 0.4) is 0 Å². The van der Waals surface area contributed by atoms with Gasteiger partial charge in [-0.1, -0.05) is 34.1 Å². The number of primary amides is 1. The predicted octanol–water partition coefficient (Wildman–Crippen LogP) is 5.18. The molecule has 248 valence electrons. The smallest absolute Gasteiger partial charge is 0.262 e. The number of hydrogen-bond acceptors (Lipinski definition) is 8. The van der Waals surface area contributed by atoms with Crippen LogP contribution in [0.1, 0.15) is 73.9 Å². The second-order valence-electron chi connectivity index (χ2n) is 12.4. The lowest BCUT2D eigenvalue weighted by atomic mass is 9.91. The maximum Gasteiger partial charge on any atom is 0.262 e. The van der Waals surface area contributed by atoms with Crippen LogP contribution < -0.4 is 15.8 Å². The van der Waals surface area contributed by atoms with Crippen molar-refractivity contribution in [2.24, 2.45) is 5.73 Å². The van der Waals surface area contributed by atoms with Gasteiger partial charge in [0.2, 0.25) is 11.8 Å². The highest BCUT2D eigenvalue weighted by Crippen LogP contribution is 2.35. The minimum absolute atomic E-state index is 0.0680. The van der Waals surface area contributed by atoms with E-state index in [1.54, 1.807) is 18.2 Å².